The van der Waals surface area contributed by atoms with Gasteiger partial charge in [-0.1, -0.05) is 0 Å². The normalized spacial score (nSPS) is 10.4. The predicted molar refractivity (Wildman–Crippen MR) is 59.4 cm³/mol. The van der Waals surface area contributed by atoms with Gasteiger partial charge in [0, 0.05) is 26.5 Å². The summed E-state index contributed by atoms with van der Waals surface area (Å²) in [5.41, 5.74) is -1.91. The SMILES string of the molecule is COCCCCn1cc(C(=O)O)c(=O)[nH]c1=O. The molecule has 0 aromatic carbocycles. The number of ether oxygens (including phenoxy) is 1. The van der Waals surface area contributed by atoms with Crippen LogP contribution in [0.2, 0.25) is 0 Å². The molecule has 0 aliphatic heterocycles. The zero-order valence-electron chi connectivity index (χ0n) is 9.43. The molecule has 0 bridgehead atoms. The van der Waals surface area contributed by atoms with Gasteiger partial charge in [0.2, 0.25) is 0 Å². The standard InChI is InChI=1S/C10H14N2O5/c1-17-5-3-2-4-12-6-7(9(14)15)8(13)11-10(12)16/h6H,2-5H2,1H3,(H,14,15)(H,11,13,16). The number of carbonyl (C=O) groups is 1. The molecule has 0 aliphatic carbocycles. The maximum absolute atomic E-state index is 11.4. The zero-order chi connectivity index (χ0) is 12.8. The number of nitrogens with one attached hydrogen (secondary N) is 1. The number of aromatic nitrogens is 2. The summed E-state index contributed by atoms with van der Waals surface area (Å²) in [5.74, 6) is -1.35. The van der Waals surface area contributed by atoms with Crippen LogP contribution in [-0.4, -0.2) is 34.3 Å². The minimum Gasteiger partial charge on any atom is -0.477 e. The van der Waals surface area contributed by atoms with Crippen molar-refractivity contribution in [1.82, 2.24) is 9.55 Å². The van der Waals surface area contributed by atoms with Gasteiger partial charge in [0.25, 0.3) is 5.56 Å². The van der Waals surface area contributed by atoms with Gasteiger partial charge >= 0.3 is 11.7 Å². The molecule has 0 atom stereocenters. The average Bonchev–Trinajstić information content (AvgIpc) is 2.26. The molecule has 0 aliphatic rings. The monoisotopic (exact) mass is 242 g/mol. The molecule has 0 unspecified atom stereocenters. The molecule has 0 amide bonds. The molecule has 0 spiro atoms. The van der Waals surface area contributed by atoms with E-state index in [-0.39, 0.29) is 0 Å². The quantitative estimate of drug-likeness (QED) is 0.664. The van der Waals surface area contributed by atoms with E-state index in [0.717, 1.165) is 12.6 Å². The van der Waals surface area contributed by atoms with Crippen LogP contribution in [0, 0.1) is 0 Å². The van der Waals surface area contributed by atoms with Gasteiger partial charge in [-0.3, -0.25) is 14.3 Å². The van der Waals surface area contributed by atoms with E-state index in [1.54, 1.807) is 7.11 Å². The maximum Gasteiger partial charge on any atom is 0.342 e. The number of hydrogen-bond acceptors (Lipinski definition) is 4. The van der Waals surface area contributed by atoms with Gasteiger partial charge in [0.05, 0.1) is 0 Å². The molecule has 2 N–H and O–H groups in total. The number of carboxylic acids is 1. The summed E-state index contributed by atoms with van der Waals surface area (Å²) in [6, 6.07) is 0. The number of nitrogens with zero attached hydrogens (tertiary/aromatic N) is 1. The number of aryl methyl sites for hydroxylation is 1. The Bertz CT molecular complexity index is 502. The predicted octanol–water partition coefficient (Wildman–Crippen LogP) is -0.339. The van der Waals surface area contributed by atoms with Crippen LogP contribution < -0.4 is 11.2 Å². The fourth-order valence-electron chi connectivity index (χ4n) is 1.36. The first-order valence-electron chi connectivity index (χ1n) is 5.12. The average molecular weight is 242 g/mol. The smallest absolute Gasteiger partial charge is 0.342 e. The van der Waals surface area contributed by atoms with E-state index in [2.05, 4.69) is 0 Å². The number of H-pyrrole nitrogens is 1. The number of methoxy groups -OCH3 is 1. The molecule has 1 rings (SSSR count). The van der Waals surface area contributed by atoms with E-state index in [4.69, 9.17) is 9.84 Å². The first-order chi connectivity index (χ1) is 8.06. The molecule has 1 heterocycles. The highest BCUT2D eigenvalue weighted by Gasteiger charge is 2.10. The third-order valence-corrected chi connectivity index (χ3v) is 2.24. The number of carboxylic acid groups (broad SMARTS) is 1. The van der Waals surface area contributed by atoms with Crippen molar-refractivity contribution in [1.29, 1.82) is 0 Å². The number of unbranched alkanes of at least 4 members (excludes halogenated alkanes) is 1. The van der Waals surface area contributed by atoms with Crippen molar-refractivity contribution < 1.29 is 14.6 Å². The first-order valence-corrected chi connectivity index (χ1v) is 5.12. The van der Waals surface area contributed by atoms with E-state index in [1.165, 1.54) is 4.57 Å². The fraction of sp³-hybridized carbons (Fsp3) is 0.500. The van der Waals surface area contributed by atoms with E-state index in [1.807, 2.05) is 4.98 Å². The fourth-order valence-corrected chi connectivity index (χ4v) is 1.36. The molecule has 0 fully saturated rings. The van der Waals surface area contributed by atoms with E-state index < -0.39 is 22.8 Å². The highest BCUT2D eigenvalue weighted by Crippen LogP contribution is 1.94. The van der Waals surface area contributed by atoms with Gasteiger partial charge in [0.15, 0.2) is 0 Å². The van der Waals surface area contributed by atoms with Gasteiger partial charge in [-0.2, -0.15) is 0 Å². The summed E-state index contributed by atoms with van der Waals surface area (Å²) in [6.45, 7) is 0.920. The van der Waals surface area contributed by atoms with Crippen LogP contribution in [0.4, 0.5) is 0 Å². The van der Waals surface area contributed by atoms with Crippen molar-refractivity contribution in [3.63, 3.8) is 0 Å². The van der Waals surface area contributed by atoms with Crippen molar-refractivity contribution in [2.45, 2.75) is 19.4 Å². The van der Waals surface area contributed by atoms with Gasteiger partial charge < -0.3 is 9.84 Å². The Morgan fingerprint density at radius 2 is 2.18 bits per heavy atom. The Morgan fingerprint density at radius 3 is 2.76 bits per heavy atom. The van der Waals surface area contributed by atoms with Crippen LogP contribution in [0.5, 0.6) is 0 Å². The Balaban J connectivity index is 2.85. The van der Waals surface area contributed by atoms with Gasteiger partial charge in [-0.05, 0) is 12.8 Å². The van der Waals surface area contributed by atoms with Gasteiger partial charge in [0.1, 0.15) is 5.56 Å². The molecule has 7 heteroatoms. The van der Waals surface area contributed by atoms with E-state index >= 15 is 0 Å². The maximum atomic E-state index is 11.4. The lowest BCUT2D eigenvalue weighted by molar-refractivity contribution is 0.0693. The summed E-state index contributed by atoms with van der Waals surface area (Å²) in [7, 11) is 1.58. The van der Waals surface area contributed by atoms with Crippen LogP contribution in [-0.2, 0) is 11.3 Å². The third-order valence-electron chi connectivity index (χ3n) is 2.24. The number of hydrogen-bond donors (Lipinski definition) is 2. The number of rotatable bonds is 6. The summed E-state index contributed by atoms with van der Waals surface area (Å²) in [4.78, 5) is 35.2. The van der Waals surface area contributed by atoms with Crippen molar-refractivity contribution in [3.05, 3.63) is 32.6 Å². The number of aromatic amines is 1. The second-order valence-electron chi connectivity index (χ2n) is 3.50. The molecule has 17 heavy (non-hydrogen) atoms. The van der Waals surface area contributed by atoms with Crippen molar-refractivity contribution >= 4 is 5.97 Å². The summed E-state index contributed by atoms with van der Waals surface area (Å²) < 4.78 is 6.03. The molecule has 7 nitrogen and oxygen atoms in total. The lowest BCUT2D eigenvalue weighted by atomic mass is 10.3. The highest BCUT2D eigenvalue weighted by atomic mass is 16.5. The topological polar surface area (TPSA) is 101 Å². The lowest BCUT2D eigenvalue weighted by Gasteiger charge is -2.05. The molecule has 1 aromatic heterocycles. The van der Waals surface area contributed by atoms with E-state index in [0.29, 0.717) is 19.6 Å². The summed E-state index contributed by atoms with van der Waals surface area (Å²) in [5, 5.41) is 8.74. The zero-order valence-corrected chi connectivity index (χ0v) is 9.43. The molecule has 1 aromatic rings. The van der Waals surface area contributed by atoms with Crippen LogP contribution in [0.3, 0.4) is 0 Å². The molecule has 0 radical (unpaired) electrons. The third kappa shape index (κ3) is 3.56. The number of aromatic carboxylic acids is 1. The van der Waals surface area contributed by atoms with Crippen LogP contribution >= 0.6 is 0 Å². The van der Waals surface area contributed by atoms with Crippen LogP contribution in [0.25, 0.3) is 0 Å². The first kappa shape index (κ1) is 13.2. The second-order valence-corrected chi connectivity index (χ2v) is 3.50. The molecule has 94 valence electrons. The van der Waals surface area contributed by atoms with Crippen LogP contribution in [0.15, 0.2) is 15.8 Å². The summed E-state index contributed by atoms with van der Waals surface area (Å²) in [6.07, 6.45) is 2.49. The van der Waals surface area contributed by atoms with Crippen molar-refractivity contribution in [2.75, 3.05) is 13.7 Å². The van der Waals surface area contributed by atoms with Crippen molar-refractivity contribution in [2.24, 2.45) is 0 Å². The Labute approximate surface area is 96.7 Å². The molecular formula is C10H14N2O5. The molecule has 0 saturated heterocycles. The molecular weight excluding hydrogens is 228 g/mol. The molecule has 0 saturated carbocycles. The lowest BCUT2D eigenvalue weighted by Crippen LogP contribution is -2.33. The highest BCUT2D eigenvalue weighted by molar-refractivity contribution is 5.86. The Morgan fingerprint density at radius 1 is 1.47 bits per heavy atom. The Hall–Kier alpha value is -1.89. The van der Waals surface area contributed by atoms with Gasteiger partial charge in [-0.25, -0.2) is 9.59 Å². The van der Waals surface area contributed by atoms with E-state index in [9.17, 15) is 14.4 Å². The summed E-state index contributed by atoms with van der Waals surface area (Å²) >= 11 is 0. The minimum absolute atomic E-state index is 0.346. The van der Waals surface area contributed by atoms with Crippen molar-refractivity contribution in [3.8, 4) is 0 Å². The van der Waals surface area contributed by atoms with Crippen LogP contribution in [0.1, 0.15) is 23.2 Å². The minimum atomic E-state index is -1.35. The van der Waals surface area contributed by atoms with Gasteiger partial charge in [-0.15, -0.1) is 0 Å². The Kier molecular flexibility index (Phi) is 4.65. The largest absolute Gasteiger partial charge is 0.477 e. The second kappa shape index (κ2) is 6.00.